The smallest absolute Gasteiger partial charge is 0.271 e. The molecule has 0 atom stereocenters. The van der Waals surface area contributed by atoms with E-state index in [1.807, 2.05) is 31.2 Å². The Labute approximate surface area is 150 Å². The average Bonchev–Trinajstić information content (AvgIpc) is 2.62. The Morgan fingerprint density at radius 1 is 1.20 bits per heavy atom. The number of aromatic nitrogens is 1. The van der Waals surface area contributed by atoms with Gasteiger partial charge in [-0.1, -0.05) is 23.7 Å². The van der Waals surface area contributed by atoms with E-state index in [4.69, 9.17) is 16.3 Å². The molecule has 0 unspecified atom stereocenters. The van der Waals surface area contributed by atoms with E-state index in [2.05, 4.69) is 15.5 Å². The van der Waals surface area contributed by atoms with Crippen LogP contribution in [0, 0.1) is 6.92 Å². The monoisotopic (exact) mass is 353 g/mol. The summed E-state index contributed by atoms with van der Waals surface area (Å²) in [7, 11) is 1.57. The van der Waals surface area contributed by atoms with Gasteiger partial charge in [-0.2, -0.15) is 5.10 Å². The maximum atomic E-state index is 12.1. The number of aryl methyl sites for hydroxylation is 1. The van der Waals surface area contributed by atoms with E-state index in [0.29, 0.717) is 22.0 Å². The quantitative estimate of drug-likeness (QED) is 0.438. The molecule has 0 aliphatic heterocycles. The summed E-state index contributed by atoms with van der Waals surface area (Å²) in [5, 5.41) is 5.26. The predicted molar refractivity (Wildman–Crippen MR) is 99.5 cm³/mol. The van der Waals surface area contributed by atoms with Crippen LogP contribution in [0.25, 0.3) is 10.9 Å². The van der Waals surface area contributed by atoms with Crippen molar-refractivity contribution in [2.45, 2.75) is 6.92 Å². The van der Waals surface area contributed by atoms with Crippen LogP contribution in [0.3, 0.4) is 0 Å². The van der Waals surface area contributed by atoms with Crippen molar-refractivity contribution in [3.05, 3.63) is 70.4 Å². The van der Waals surface area contributed by atoms with Gasteiger partial charge in [0.2, 0.25) is 0 Å². The molecule has 6 heteroatoms. The topological polar surface area (TPSA) is 63.6 Å². The van der Waals surface area contributed by atoms with E-state index in [9.17, 15) is 4.79 Å². The molecule has 3 rings (SSSR count). The maximum absolute atomic E-state index is 12.1. The lowest BCUT2D eigenvalue weighted by Crippen LogP contribution is -2.17. The Balaban J connectivity index is 1.75. The van der Waals surface area contributed by atoms with Gasteiger partial charge >= 0.3 is 0 Å². The van der Waals surface area contributed by atoms with Crippen molar-refractivity contribution in [1.82, 2.24) is 10.4 Å². The number of hydrogen-bond acceptors (Lipinski definition) is 4. The van der Waals surface area contributed by atoms with E-state index < -0.39 is 0 Å². The molecule has 126 valence electrons. The van der Waals surface area contributed by atoms with Gasteiger partial charge in [-0.3, -0.25) is 4.79 Å². The van der Waals surface area contributed by atoms with Crippen LogP contribution in [-0.2, 0) is 0 Å². The van der Waals surface area contributed by atoms with E-state index in [0.717, 1.165) is 16.5 Å². The van der Waals surface area contributed by atoms with Crippen molar-refractivity contribution in [3.63, 3.8) is 0 Å². The van der Waals surface area contributed by atoms with Crippen LogP contribution in [0.1, 0.15) is 21.5 Å². The summed E-state index contributed by atoms with van der Waals surface area (Å²) in [5.41, 5.74) is 5.53. The molecule has 1 aromatic heterocycles. The second kappa shape index (κ2) is 7.32. The molecule has 0 radical (unpaired) electrons. The number of carbonyl (C=O) groups excluding carboxylic acids is 1. The molecule has 1 N–H and O–H groups in total. The normalized spacial score (nSPS) is 11.0. The number of halogens is 1. The first-order valence-corrected chi connectivity index (χ1v) is 7.99. The highest BCUT2D eigenvalue weighted by Crippen LogP contribution is 2.20. The molecular weight excluding hydrogens is 338 g/mol. The van der Waals surface area contributed by atoms with Crippen LogP contribution in [0.15, 0.2) is 53.6 Å². The van der Waals surface area contributed by atoms with Crippen molar-refractivity contribution in [3.8, 4) is 5.75 Å². The molecular formula is C19H16ClN3O2. The number of nitrogens with one attached hydrogen (secondary N) is 1. The number of fused-ring (bicyclic) bond motifs is 1. The van der Waals surface area contributed by atoms with Crippen LogP contribution >= 0.6 is 11.6 Å². The minimum Gasteiger partial charge on any atom is -0.497 e. The molecule has 1 heterocycles. The Kier molecular flexibility index (Phi) is 4.95. The van der Waals surface area contributed by atoms with E-state index in [1.54, 1.807) is 31.4 Å². The van der Waals surface area contributed by atoms with Crippen LogP contribution < -0.4 is 10.2 Å². The molecule has 3 aromatic rings. The van der Waals surface area contributed by atoms with Crippen LogP contribution in [0.5, 0.6) is 5.75 Å². The number of nitrogens with zero attached hydrogens (tertiary/aromatic N) is 2. The third-order valence-electron chi connectivity index (χ3n) is 3.68. The Morgan fingerprint density at radius 2 is 1.96 bits per heavy atom. The van der Waals surface area contributed by atoms with Crippen LogP contribution in [0.2, 0.25) is 5.15 Å². The molecule has 0 saturated heterocycles. The second-order valence-corrected chi connectivity index (χ2v) is 5.85. The molecule has 5 nitrogen and oxygen atoms in total. The van der Waals surface area contributed by atoms with E-state index >= 15 is 0 Å². The Morgan fingerprint density at radius 3 is 2.68 bits per heavy atom. The Hall–Kier alpha value is -2.92. The highest BCUT2D eigenvalue weighted by Gasteiger charge is 2.06. The third-order valence-corrected chi connectivity index (χ3v) is 3.98. The number of hydrogen-bond donors (Lipinski definition) is 1. The molecule has 0 fully saturated rings. The van der Waals surface area contributed by atoms with Gasteiger partial charge in [0.25, 0.3) is 5.91 Å². The number of amides is 1. The van der Waals surface area contributed by atoms with E-state index in [-0.39, 0.29) is 5.91 Å². The summed E-state index contributed by atoms with van der Waals surface area (Å²) in [6, 6.07) is 14.6. The maximum Gasteiger partial charge on any atom is 0.271 e. The van der Waals surface area contributed by atoms with Crippen molar-refractivity contribution in [1.29, 1.82) is 0 Å². The number of ether oxygens (including phenoxy) is 1. The first-order valence-electron chi connectivity index (χ1n) is 7.61. The van der Waals surface area contributed by atoms with Gasteiger partial charge < -0.3 is 4.74 Å². The van der Waals surface area contributed by atoms with Gasteiger partial charge in [0, 0.05) is 16.5 Å². The highest BCUT2D eigenvalue weighted by molar-refractivity contribution is 6.32. The zero-order valence-corrected chi connectivity index (χ0v) is 14.5. The number of pyridine rings is 1. The van der Waals surface area contributed by atoms with Crippen LogP contribution in [-0.4, -0.2) is 24.2 Å². The molecule has 0 aliphatic carbocycles. The lowest BCUT2D eigenvalue weighted by molar-refractivity contribution is 0.0955. The fraction of sp³-hybridized carbons (Fsp3) is 0.105. The van der Waals surface area contributed by atoms with Gasteiger partial charge in [0.15, 0.2) is 0 Å². The number of hydrazone groups is 1. The lowest BCUT2D eigenvalue weighted by atomic mass is 10.1. The summed E-state index contributed by atoms with van der Waals surface area (Å²) in [6.07, 6.45) is 1.48. The van der Waals surface area contributed by atoms with Gasteiger partial charge in [-0.05, 0) is 48.9 Å². The number of carbonyl (C=O) groups is 1. The number of methoxy groups -OCH3 is 1. The molecule has 1 amide bonds. The van der Waals surface area contributed by atoms with Crippen molar-refractivity contribution in [2.75, 3.05) is 7.11 Å². The zero-order chi connectivity index (χ0) is 17.8. The van der Waals surface area contributed by atoms with Crippen molar-refractivity contribution in [2.24, 2.45) is 5.10 Å². The molecule has 0 aliphatic rings. The van der Waals surface area contributed by atoms with Gasteiger partial charge in [0.05, 0.1) is 18.8 Å². The zero-order valence-electron chi connectivity index (χ0n) is 13.8. The number of rotatable bonds is 4. The lowest BCUT2D eigenvalue weighted by Gasteiger charge is -2.04. The molecule has 0 spiro atoms. The SMILES string of the molecule is COc1ccc(C(=O)N/N=C\c2cc3ccc(C)cc3nc2Cl)cc1. The fourth-order valence-electron chi connectivity index (χ4n) is 2.33. The average molecular weight is 354 g/mol. The van der Waals surface area contributed by atoms with Gasteiger partial charge in [0.1, 0.15) is 10.9 Å². The first kappa shape index (κ1) is 16.9. The minimum atomic E-state index is -0.320. The molecule has 0 saturated carbocycles. The highest BCUT2D eigenvalue weighted by atomic mass is 35.5. The molecule has 2 aromatic carbocycles. The van der Waals surface area contributed by atoms with Crippen LogP contribution in [0.4, 0.5) is 0 Å². The molecule has 0 bridgehead atoms. The fourth-order valence-corrected chi connectivity index (χ4v) is 2.52. The van der Waals surface area contributed by atoms with E-state index in [1.165, 1.54) is 6.21 Å². The van der Waals surface area contributed by atoms with Gasteiger partial charge in [-0.25, -0.2) is 10.4 Å². The summed E-state index contributed by atoms with van der Waals surface area (Å²) >= 11 is 6.19. The summed E-state index contributed by atoms with van der Waals surface area (Å²) in [5.74, 6) is 0.365. The Bertz CT molecular complexity index is 953. The standard InChI is InChI=1S/C19H16ClN3O2/c1-12-3-4-14-10-15(18(20)22-17(14)9-12)11-21-23-19(24)13-5-7-16(25-2)8-6-13/h3-11H,1-2H3,(H,23,24)/b21-11-. The van der Waals surface area contributed by atoms with Crippen molar-refractivity contribution < 1.29 is 9.53 Å². The minimum absolute atomic E-state index is 0.320. The molecule has 25 heavy (non-hydrogen) atoms. The number of benzene rings is 2. The second-order valence-electron chi connectivity index (χ2n) is 5.49. The summed E-state index contributed by atoms with van der Waals surface area (Å²) in [4.78, 5) is 16.4. The van der Waals surface area contributed by atoms with Crippen molar-refractivity contribution >= 4 is 34.6 Å². The third kappa shape index (κ3) is 3.95. The van der Waals surface area contributed by atoms with Gasteiger partial charge in [-0.15, -0.1) is 0 Å². The first-order chi connectivity index (χ1) is 12.1. The predicted octanol–water partition coefficient (Wildman–Crippen LogP) is 3.97. The summed E-state index contributed by atoms with van der Waals surface area (Å²) < 4.78 is 5.06. The summed E-state index contributed by atoms with van der Waals surface area (Å²) in [6.45, 7) is 2.00. The largest absolute Gasteiger partial charge is 0.497 e.